The highest BCUT2D eigenvalue weighted by Gasteiger charge is 2.70. The summed E-state index contributed by atoms with van der Waals surface area (Å²) in [5.74, 6) is -3.77. The molecule has 0 bridgehead atoms. The van der Waals surface area contributed by atoms with E-state index in [0.29, 0.717) is 31.4 Å². The molecule has 0 radical (unpaired) electrons. The van der Waals surface area contributed by atoms with Gasteiger partial charge >= 0.3 is 17.9 Å². The van der Waals surface area contributed by atoms with Crippen LogP contribution in [-0.4, -0.2) is 66.9 Å². The van der Waals surface area contributed by atoms with Crippen LogP contribution < -0.4 is 0 Å². The van der Waals surface area contributed by atoms with E-state index in [9.17, 15) is 24.3 Å². The number of carbonyl (C=O) groups is 4. The first-order valence-corrected chi connectivity index (χ1v) is 14.7. The van der Waals surface area contributed by atoms with Gasteiger partial charge in [0, 0.05) is 18.3 Å². The van der Waals surface area contributed by atoms with Crippen LogP contribution in [0.25, 0.3) is 0 Å². The molecule has 1 aliphatic carbocycles. The molecular weight excluding hydrogens is 532 g/mol. The molecule has 230 valence electrons. The minimum atomic E-state index is -1.13. The summed E-state index contributed by atoms with van der Waals surface area (Å²) in [5.41, 5.74) is -1.45. The Bertz CT molecular complexity index is 1070. The van der Waals surface area contributed by atoms with E-state index in [0.717, 1.165) is 0 Å². The second-order valence-corrected chi connectivity index (χ2v) is 11.6. The molecule has 41 heavy (non-hydrogen) atoms. The Hall–Kier alpha value is -2.72. The van der Waals surface area contributed by atoms with E-state index in [1.165, 1.54) is 26.6 Å². The summed E-state index contributed by atoms with van der Waals surface area (Å²) < 4.78 is 28.3. The molecule has 1 aromatic rings. The van der Waals surface area contributed by atoms with Gasteiger partial charge < -0.3 is 28.5 Å². The average molecular weight is 579 g/mol. The molecular formula is C31H46O10. The van der Waals surface area contributed by atoms with Crippen LogP contribution in [-0.2, 0) is 33.3 Å². The number of aliphatic hydroxyl groups excluding tert-OH is 1. The van der Waals surface area contributed by atoms with Gasteiger partial charge in [0.2, 0.25) is 0 Å². The normalized spacial score (nSPS) is 36.1. The summed E-state index contributed by atoms with van der Waals surface area (Å²) in [7, 11) is 1.34. The molecule has 1 aromatic heterocycles. The van der Waals surface area contributed by atoms with E-state index in [4.69, 9.17) is 23.4 Å². The lowest BCUT2D eigenvalue weighted by molar-refractivity contribution is -0.213. The number of furan rings is 1. The number of ketones is 1. The Balaban J connectivity index is 0.00000226. The van der Waals surface area contributed by atoms with Crippen molar-refractivity contribution in [1.82, 2.24) is 0 Å². The monoisotopic (exact) mass is 578 g/mol. The number of hydrogen-bond donors (Lipinski definition) is 1. The molecule has 10 nitrogen and oxygen atoms in total. The number of carbonyl (C=O) groups excluding carboxylic acids is 4. The van der Waals surface area contributed by atoms with Crippen molar-refractivity contribution < 1.29 is 47.6 Å². The quantitative estimate of drug-likeness (QED) is 0.269. The predicted octanol–water partition coefficient (Wildman–Crippen LogP) is 4.37. The molecule has 0 amide bonds. The molecule has 2 saturated heterocycles. The van der Waals surface area contributed by atoms with Crippen molar-refractivity contribution in [3.05, 3.63) is 24.2 Å². The van der Waals surface area contributed by atoms with Gasteiger partial charge in [-0.3, -0.25) is 19.2 Å². The van der Waals surface area contributed by atoms with E-state index < -0.39 is 70.9 Å². The molecule has 1 N–H and O–H groups in total. The van der Waals surface area contributed by atoms with Gasteiger partial charge in [-0.1, -0.05) is 34.6 Å². The summed E-state index contributed by atoms with van der Waals surface area (Å²) in [6, 6.07) is 1.62. The highest BCUT2D eigenvalue weighted by Crippen LogP contribution is 2.66. The van der Waals surface area contributed by atoms with Crippen LogP contribution in [0.1, 0.15) is 84.5 Å². The molecule has 0 spiro atoms. The Morgan fingerprint density at radius 1 is 1.20 bits per heavy atom. The Morgan fingerprint density at radius 2 is 1.88 bits per heavy atom. The minimum Gasteiger partial charge on any atom is -0.472 e. The van der Waals surface area contributed by atoms with Crippen molar-refractivity contribution in [1.29, 1.82) is 0 Å². The van der Waals surface area contributed by atoms with Gasteiger partial charge in [0.05, 0.1) is 49.9 Å². The van der Waals surface area contributed by atoms with Crippen molar-refractivity contribution in [3.63, 3.8) is 0 Å². The van der Waals surface area contributed by atoms with Crippen molar-refractivity contribution in [2.24, 2.45) is 34.5 Å². The molecule has 3 aliphatic rings. The van der Waals surface area contributed by atoms with Gasteiger partial charge in [-0.25, -0.2) is 0 Å². The number of ether oxygens (including phenoxy) is 4. The van der Waals surface area contributed by atoms with Crippen LogP contribution in [0.2, 0.25) is 0 Å². The lowest BCUT2D eigenvalue weighted by atomic mass is 9.42. The van der Waals surface area contributed by atoms with E-state index in [2.05, 4.69) is 0 Å². The molecule has 2 aliphatic heterocycles. The van der Waals surface area contributed by atoms with Crippen molar-refractivity contribution in [2.45, 2.75) is 98.6 Å². The zero-order valence-electron chi connectivity index (χ0n) is 25.5. The zero-order chi connectivity index (χ0) is 30.7. The fourth-order valence-electron chi connectivity index (χ4n) is 7.99. The van der Waals surface area contributed by atoms with Gasteiger partial charge in [-0.2, -0.15) is 0 Å². The van der Waals surface area contributed by atoms with Crippen LogP contribution in [0.3, 0.4) is 0 Å². The number of esters is 3. The number of methoxy groups -OCH3 is 1. The summed E-state index contributed by atoms with van der Waals surface area (Å²) in [5, 5.41) is 11.0. The van der Waals surface area contributed by atoms with E-state index in [1.807, 2.05) is 34.6 Å². The topological polar surface area (TPSA) is 139 Å². The third kappa shape index (κ3) is 5.57. The maximum Gasteiger partial charge on any atom is 0.309 e. The van der Waals surface area contributed by atoms with Crippen LogP contribution in [0, 0.1) is 34.5 Å². The highest BCUT2D eigenvalue weighted by molar-refractivity contribution is 5.98. The van der Waals surface area contributed by atoms with Crippen LogP contribution in [0.5, 0.6) is 0 Å². The van der Waals surface area contributed by atoms with Crippen LogP contribution in [0.15, 0.2) is 23.0 Å². The number of fused-ring (bicyclic) bond motifs is 1. The lowest BCUT2D eigenvalue weighted by Gasteiger charge is -2.60. The lowest BCUT2D eigenvalue weighted by Crippen LogP contribution is -2.65. The fraction of sp³-hybridized carbons (Fsp3) is 0.742. The van der Waals surface area contributed by atoms with Crippen LogP contribution in [0.4, 0.5) is 0 Å². The number of Topliss-reactive ketones (excluding diaryl/α,β-unsaturated/α-hetero) is 1. The molecule has 0 aromatic carbocycles. The smallest absolute Gasteiger partial charge is 0.309 e. The van der Waals surface area contributed by atoms with Crippen LogP contribution >= 0.6 is 0 Å². The summed E-state index contributed by atoms with van der Waals surface area (Å²) >= 11 is 0. The van der Waals surface area contributed by atoms with E-state index in [1.54, 1.807) is 13.0 Å². The maximum atomic E-state index is 14.0. The SMILES string of the molecule is CC.CC[C@H](C(=O)OC)[C@@]1(C)[C@H](C(=O)c2ccoc2)CCC2CO[C@H]([C@H](OC(C)=O)C3C(O)CC(=O)O[C@H]3C)[C@]21C. The molecule has 1 saturated carbocycles. The second-order valence-electron chi connectivity index (χ2n) is 11.6. The van der Waals surface area contributed by atoms with E-state index >= 15 is 0 Å². The highest BCUT2D eigenvalue weighted by atomic mass is 16.6. The number of cyclic esters (lactones) is 1. The minimum absolute atomic E-state index is 0.0729. The first kappa shape index (κ1) is 32.8. The Kier molecular flexibility index (Phi) is 10.5. The van der Waals surface area contributed by atoms with Gasteiger partial charge in [0.1, 0.15) is 24.6 Å². The van der Waals surface area contributed by atoms with Gasteiger partial charge in [-0.15, -0.1) is 0 Å². The fourth-order valence-corrected chi connectivity index (χ4v) is 7.99. The van der Waals surface area contributed by atoms with Gasteiger partial charge in [0.15, 0.2) is 5.78 Å². The molecule has 10 heteroatoms. The maximum absolute atomic E-state index is 14.0. The van der Waals surface area contributed by atoms with Gasteiger partial charge in [0.25, 0.3) is 0 Å². The van der Waals surface area contributed by atoms with Crippen molar-refractivity contribution in [2.75, 3.05) is 13.7 Å². The Labute approximate surface area is 242 Å². The summed E-state index contributed by atoms with van der Waals surface area (Å²) in [6.45, 7) is 13.1. The van der Waals surface area contributed by atoms with E-state index in [-0.39, 0.29) is 18.1 Å². The number of hydrogen-bond acceptors (Lipinski definition) is 10. The molecule has 4 rings (SSSR count). The molecule has 3 heterocycles. The largest absolute Gasteiger partial charge is 0.472 e. The zero-order valence-corrected chi connectivity index (χ0v) is 25.5. The number of aliphatic hydroxyl groups is 1. The first-order chi connectivity index (χ1) is 19.4. The molecule has 3 unspecified atom stereocenters. The second kappa shape index (κ2) is 13.1. The molecule has 10 atom stereocenters. The standard InChI is InChI=1S/C29H40O10.C2H6/c1-7-19(27(34)35-6)29(5)20(24(33)17-10-11-36-13-17)9-8-18-14-37-26(28(18,29)4)25(39-16(3)30)23-15(2)38-22(32)12-21(23)31;1-2/h10-11,13,15,18-21,23,25-26,31H,7-9,12,14H2,1-6H3;1-2H3/t15-,18?,19+,20-,21?,23?,25+,26+,28-,29-;/m0./s1. The average Bonchev–Trinajstić information content (AvgIpc) is 3.58. The number of rotatable bonds is 8. The molecule has 3 fully saturated rings. The first-order valence-electron chi connectivity index (χ1n) is 14.7. The Morgan fingerprint density at radius 3 is 2.41 bits per heavy atom. The summed E-state index contributed by atoms with van der Waals surface area (Å²) in [4.78, 5) is 51.8. The third-order valence-electron chi connectivity index (χ3n) is 10.0. The third-order valence-corrected chi connectivity index (χ3v) is 10.0. The van der Waals surface area contributed by atoms with Gasteiger partial charge in [-0.05, 0) is 43.6 Å². The predicted molar refractivity (Wildman–Crippen MR) is 148 cm³/mol. The van der Waals surface area contributed by atoms with Crippen molar-refractivity contribution >= 4 is 23.7 Å². The van der Waals surface area contributed by atoms with Crippen molar-refractivity contribution in [3.8, 4) is 0 Å². The summed E-state index contributed by atoms with van der Waals surface area (Å²) in [6.07, 6.45) is 0.540.